The van der Waals surface area contributed by atoms with Crippen LogP contribution in [-0.2, 0) is 4.79 Å². The first-order valence-electron chi connectivity index (χ1n) is 10.7. The Labute approximate surface area is 200 Å². The maximum Gasteiger partial charge on any atom is 0.272 e. The summed E-state index contributed by atoms with van der Waals surface area (Å²) in [5, 5.41) is 7.26. The molecule has 1 fully saturated rings. The normalized spacial score (nSPS) is 14.3. The zero-order chi connectivity index (χ0) is 23.4. The number of carbonyl (C=O) groups excluding carboxylic acids is 1. The Morgan fingerprint density at radius 2 is 1.97 bits per heavy atom. The van der Waals surface area contributed by atoms with Crippen molar-refractivity contribution >= 4 is 35.0 Å². The summed E-state index contributed by atoms with van der Waals surface area (Å²) in [4.78, 5) is 27.5. The summed E-state index contributed by atoms with van der Waals surface area (Å²) in [6.07, 6.45) is 0.436. The lowest BCUT2D eigenvalue weighted by atomic mass is 10.0. The van der Waals surface area contributed by atoms with E-state index < -0.39 is 5.82 Å². The van der Waals surface area contributed by atoms with Crippen LogP contribution in [0, 0.1) is 12.7 Å². The Kier molecular flexibility index (Phi) is 7.47. The minimum Gasteiger partial charge on any atom is -0.326 e. The number of halogens is 2. The number of hydrogen-bond acceptors (Lipinski definition) is 5. The molecule has 33 heavy (non-hydrogen) atoms. The minimum absolute atomic E-state index is 0.0381. The van der Waals surface area contributed by atoms with Crippen molar-refractivity contribution in [1.82, 2.24) is 14.7 Å². The molecule has 2 heterocycles. The van der Waals surface area contributed by atoms with Crippen LogP contribution in [0.25, 0.3) is 16.8 Å². The van der Waals surface area contributed by atoms with Crippen molar-refractivity contribution in [3.05, 3.63) is 75.4 Å². The van der Waals surface area contributed by atoms with Crippen molar-refractivity contribution < 1.29 is 9.18 Å². The van der Waals surface area contributed by atoms with Crippen LogP contribution in [0.1, 0.15) is 12.1 Å². The second kappa shape index (κ2) is 10.5. The van der Waals surface area contributed by atoms with Gasteiger partial charge in [0.25, 0.3) is 5.56 Å². The molecule has 1 N–H and O–H groups in total. The summed E-state index contributed by atoms with van der Waals surface area (Å²) in [6.45, 7) is 4.59. The van der Waals surface area contributed by atoms with Gasteiger partial charge >= 0.3 is 0 Å². The fourth-order valence-electron chi connectivity index (χ4n) is 3.71. The average molecular weight is 487 g/mol. The van der Waals surface area contributed by atoms with Crippen molar-refractivity contribution in [2.24, 2.45) is 0 Å². The average Bonchev–Trinajstić information content (AvgIpc) is 2.81. The van der Waals surface area contributed by atoms with Gasteiger partial charge in [-0.05, 0) is 42.8 Å². The lowest BCUT2D eigenvalue weighted by molar-refractivity contribution is -0.116. The van der Waals surface area contributed by atoms with Gasteiger partial charge in [0, 0.05) is 54.9 Å². The van der Waals surface area contributed by atoms with Crippen LogP contribution in [0.3, 0.4) is 0 Å². The zero-order valence-corrected chi connectivity index (χ0v) is 19.8. The van der Waals surface area contributed by atoms with E-state index in [2.05, 4.69) is 15.3 Å². The van der Waals surface area contributed by atoms with Crippen LogP contribution in [0.4, 0.5) is 10.1 Å². The number of aromatic nitrogens is 2. The van der Waals surface area contributed by atoms with Gasteiger partial charge in [-0.25, -0.2) is 4.39 Å². The Hall–Kier alpha value is -2.68. The van der Waals surface area contributed by atoms with Gasteiger partial charge in [-0.1, -0.05) is 23.7 Å². The van der Waals surface area contributed by atoms with Gasteiger partial charge in [-0.2, -0.15) is 21.5 Å². The zero-order valence-electron chi connectivity index (χ0n) is 18.2. The highest BCUT2D eigenvalue weighted by Gasteiger charge is 2.14. The van der Waals surface area contributed by atoms with E-state index in [4.69, 9.17) is 11.6 Å². The van der Waals surface area contributed by atoms with Gasteiger partial charge in [-0.15, -0.1) is 0 Å². The Morgan fingerprint density at radius 1 is 1.18 bits per heavy atom. The number of carbonyl (C=O) groups is 1. The Balaban J connectivity index is 1.50. The molecule has 1 aliphatic heterocycles. The fraction of sp³-hybridized carbons (Fsp3) is 0.292. The number of nitrogens with zero attached hydrogens (tertiary/aromatic N) is 3. The number of anilines is 1. The van der Waals surface area contributed by atoms with Crippen LogP contribution in [0.15, 0.2) is 53.3 Å². The number of nitrogens with one attached hydrogen (secondary N) is 1. The first kappa shape index (κ1) is 23.5. The van der Waals surface area contributed by atoms with Gasteiger partial charge in [0.2, 0.25) is 5.91 Å². The number of aryl methyl sites for hydroxylation is 1. The first-order valence-corrected chi connectivity index (χ1v) is 12.2. The van der Waals surface area contributed by atoms with E-state index in [1.165, 1.54) is 28.9 Å². The minimum atomic E-state index is -0.560. The molecule has 0 radical (unpaired) electrons. The molecule has 4 rings (SSSR count). The monoisotopic (exact) mass is 486 g/mol. The topological polar surface area (TPSA) is 67.2 Å². The van der Waals surface area contributed by atoms with E-state index in [0.717, 1.165) is 36.7 Å². The van der Waals surface area contributed by atoms with Crippen LogP contribution in [0.5, 0.6) is 0 Å². The molecule has 0 spiro atoms. The molecule has 1 saturated heterocycles. The number of hydrogen-bond donors (Lipinski definition) is 1. The van der Waals surface area contributed by atoms with Crippen LogP contribution in [0.2, 0.25) is 5.02 Å². The van der Waals surface area contributed by atoms with Crippen LogP contribution in [-0.4, -0.2) is 51.7 Å². The molecule has 1 aliphatic rings. The van der Waals surface area contributed by atoms with Gasteiger partial charge in [0.05, 0.1) is 16.4 Å². The smallest absolute Gasteiger partial charge is 0.272 e. The molecule has 9 heteroatoms. The molecule has 1 aromatic heterocycles. The third-order valence-corrected chi connectivity index (χ3v) is 6.71. The molecular weight excluding hydrogens is 463 g/mol. The SMILES string of the molecule is Cc1nn(-c2ccc(F)c(Cl)c2)c(=O)cc1-c1cccc(NC(=O)CCN2CCSCC2)c1. The Morgan fingerprint density at radius 3 is 2.73 bits per heavy atom. The number of thioether (sulfide) groups is 1. The quantitative estimate of drug-likeness (QED) is 0.560. The Bertz CT molecular complexity index is 1230. The summed E-state index contributed by atoms with van der Waals surface area (Å²) in [5.74, 6) is 1.63. The molecule has 0 atom stereocenters. The maximum atomic E-state index is 13.5. The molecule has 0 unspecified atom stereocenters. The van der Waals surface area contributed by atoms with E-state index in [1.54, 1.807) is 6.92 Å². The van der Waals surface area contributed by atoms with Crippen molar-refractivity contribution in [3.63, 3.8) is 0 Å². The third-order valence-electron chi connectivity index (χ3n) is 5.48. The first-order chi connectivity index (χ1) is 15.9. The summed E-state index contributed by atoms with van der Waals surface area (Å²) in [7, 11) is 0. The van der Waals surface area contributed by atoms with Crippen molar-refractivity contribution in [2.45, 2.75) is 13.3 Å². The number of rotatable bonds is 6. The summed E-state index contributed by atoms with van der Waals surface area (Å²) < 4.78 is 14.7. The van der Waals surface area contributed by atoms with Crippen LogP contribution < -0.4 is 10.9 Å². The van der Waals surface area contributed by atoms with E-state index in [-0.39, 0.29) is 16.5 Å². The molecular formula is C24H24ClFN4O2S. The van der Waals surface area contributed by atoms with Gasteiger partial charge in [0.15, 0.2) is 0 Å². The summed E-state index contributed by atoms with van der Waals surface area (Å²) in [6, 6.07) is 12.8. The van der Waals surface area contributed by atoms with Crippen molar-refractivity contribution in [1.29, 1.82) is 0 Å². The van der Waals surface area contributed by atoms with Crippen LogP contribution >= 0.6 is 23.4 Å². The third kappa shape index (κ3) is 5.82. The molecule has 1 amide bonds. The van der Waals surface area contributed by atoms with E-state index >= 15 is 0 Å². The maximum absolute atomic E-state index is 13.5. The number of benzene rings is 2. The van der Waals surface area contributed by atoms with Gasteiger partial charge in [0.1, 0.15) is 5.82 Å². The highest BCUT2D eigenvalue weighted by molar-refractivity contribution is 7.99. The largest absolute Gasteiger partial charge is 0.326 e. The number of amides is 1. The molecule has 6 nitrogen and oxygen atoms in total. The summed E-state index contributed by atoms with van der Waals surface area (Å²) >= 11 is 7.80. The lowest BCUT2D eigenvalue weighted by Crippen LogP contribution is -2.34. The van der Waals surface area contributed by atoms with E-state index in [0.29, 0.717) is 29.1 Å². The molecule has 0 saturated carbocycles. The fourth-order valence-corrected chi connectivity index (χ4v) is 4.86. The van der Waals surface area contributed by atoms with Gasteiger partial charge < -0.3 is 10.2 Å². The molecule has 2 aromatic carbocycles. The van der Waals surface area contributed by atoms with Crippen molar-refractivity contribution in [3.8, 4) is 16.8 Å². The van der Waals surface area contributed by atoms with E-state index in [9.17, 15) is 14.0 Å². The highest BCUT2D eigenvalue weighted by Crippen LogP contribution is 2.25. The standard InChI is InChI=1S/C24H24ClFN4O2S/c1-16-20(15-24(32)30(28-16)19-5-6-22(26)21(25)14-19)17-3-2-4-18(13-17)27-23(31)7-8-29-9-11-33-12-10-29/h2-6,13-15H,7-12H2,1H3,(H,27,31). The second-order valence-corrected chi connectivity index (χ2v) is 9.46. The predicted octanol–water partition coefficient (Wildman–Crippen LogP) is 4.38. The second-order valence-electron chi connectivity index (χ2n) is 7.82. The van der Waals surface area contributed by atoms with Crippen molar-refractivity contribution in [2.75, 3.05) is 36.5 Å². The highest BCUT2D eigenvalue weighted by atomic mass is 35.5. The molecule has 3 aromatic rings. The molecule has 0 bridgehead atoms. The van der Waals surface area contributed by atoms with Gasteiger partial charge in [-0.3, -0.25) is 9.59 Å². The molecule has 172 valence electrons. The lowest BCUT2D eigenvalue weighted by Gasteiger charge is -2.25. The van der Waals surface area contributed by atoms with E-state index in [1.807, 2.05) is 36.0 Å². The summed E-state index contributed by atoms with van der Waals surface area (Å²) in [5.41, 5.74) is 2.72. The molecule has 0 aliphatic carbocycles. The predicted molar refractivity (Wildman–Crippen MR) is 132 cm³/mol.